The number of halogens is 3. The molecule has 0 spiro atoms. The predicted molar refractivity (Wildman–Crippen MR) is 126 cm³/mol. The lowest BCUT2D eigenvalue weighted by atomic mass is 9.99. The van der Waals surface area contributed by atoms with Gasteiger partial charge in [0.1, 0.15) is 11.4 Å². The number of piperazine rings is 1. The SMILES string of the molecule is C[C@@]1(CO)Cc2cc(NC(=O)C(=CN)c3ncccn3)c(N3C[C@@H]4C[C@H]3CN4CC(F)(F)F)cc2O1. The fraction of sp³-hybridized carbons (Fsp3) is 0.458. The van der Waals surface area contributed by atoms with E-state index in [9.17, 15) is 23.1 Å². The number of rotatable bonds is 6. The first-order valence-electron chi connectivity index (χ1n) is 11.6. The summed E-state index contributed by atoms with van der Waals surface area (Å²) in [6, 6.07) is 4.83. The molecule has 4 N–H and O–H groups in total. The Balaban J connectivity index is 1.45. The van der Waals surface area contributed by atoms with Gasteiger partial charge in [0.2, 0.25) is 0 Å². The van der Waals surface area contributed by atoms with Crippen LogP contribution in [0.25, 0.3) is 5.57 Å². The van der Waals surface area contributed by atoms with Crippen molar-refractivity contribution in [3.63, 3.8) is 0 Å². The van der Waals surface area contributed by atoms with Crippen LogP contribution in [0.15, 0.2) is 36.8 Å². The van der Waals surface area contributed by atoms with Crippen molar-refractivity contribution in [2.75, 3.05) is 36.5 Å². The Morgan fingerprint density at radius 3 is 2.67 bits per heavy atom. The van der Waals surface area contributed by atoms with Gasteiger partial charge in [0.15, 0.2) is 5.82 Å². The second-order valence-corrected chi connectivity index (χ2v) is 9.71. The minimum atomic E-state index is -4.25. The van der Waals surface area contributed by atoms with Gasteiger partial charge >= 0.3 is 6.18 Å². The number of aliphatic hydroxyl groups excluding tert-OH is 1. The minimum absolute atomic E-state index is 0.0813. The number of aliphatic hydroxyl groups is 1. The molecular formula is C24H27F3N6O3. The molecule has 1 aromatic heterocycles. The number of hydrogen-bond acceptors (Lipinski definition) is 8. The van der Waals surface area contributed by atoms with Crippen molar-refractivity contribution < 1.29 is 27.8 Å². The molecule has 36 heavy (non-hydrogen) atoms. The average Bonchev–Trinajstić information content (AvgIpc) is 3.50. The van der Waals surface area contributed by atoms with E-state index in [1.807, 2.05) is 4.90 Å². The summed E-state index contributed by atoms with van der Waals surface area (Å²) in [5.41, 5.74) is 6.94. The molecule has 3 aliphatic rings. The molecule has 5 rings (SSSR count). The Bertz CT molecular complexity index is 1190. The van der Waals surface area contributed by atoms with Gasteiger partial charge in [-0.15, -0.1) is 0 Å². The molecule has 2 fully saturated rings. The zero-order valence-electron chi connectivity index (χ0n) is 19.6. The van der Waals surface area contributed by atoms with Crippen LogP contribution in [0.5, 0.6) is 5.75 Å². The Labute approximate surface area is 205 Å². The van der Waals surface area contributed by atoms with Gasteiger partial charge in [0.25, 0.3) is 5.91 Å². The summed E-state index contributed by atoms with van der Waals surface area (Å²) in [6.45, 7) is 1.33. The zero-order chi connectivity index (χ0) is 25.7. The van der Waals surface area contributed by atoms with Crippen molar-refractivity contribution in [3.8, 4) is 5.75 Å². The third kappa shape index (κ3) is 4.58. The molecule has 0 saturated carbocycles. The monoisotopic (exact) mass is 504 g/mol. The number of carbonyl (C=O) groups excluding carboxylic acids is 1. The topological polar surface area (TPSA) is 117 Å². The van der Waals surface area contributed by atoms with E-state index < -0.39 is 24.2 Å². The number of aromatic nitrogens is 2. The molecule has 9 nitrogen and oxygen atoms in total. The molecule has 0 aliphatic carbocycles. The number of anilines is 2. The van der Waals surface area contributed by atoms with E-state index in [1.54, 1.807) is 25.1 Å². The lowest BCUT2D eigenvalue weighted by molar-refractivity contribution is -0.148. The van der Waals surface area contributed by atoms with Gasteiger partial charge in [-0.25, -0.2) is 9.97 Å². The number of ether oxygens (including phenoxy) is 1. The minimum Gasteiger partial charge on any atom is -0.484 e. The first-order valence-corrected chi connectivity index (χ1v) is 11.6. The first-order chi connectivity index (χ1) is 17.1. The highest BCUT2D eigenvalue weighted by molar-refractivity contribution is 6.24. The second-order valence-electron chi connectivity index (χ2n) is 9.71. The van der Waals surface area contributed by atoms with Crippen LogP contribution in [-0.2, 0) is 11.2 Å². The number of benzene rings is 1. The number of amides is 1. The van der Waals surface area contributed by atoms with Gasteiger partial charge in [0.05, 0.1) is 30.1 Å². The number of hydrogen-bond donors (Lipinski definition) is 3. The van der Waals surface area contributed by atoms with Gasteiger partial charge in [-0.1, -0.05) is 0 Å². The summed E-state index contributed by atoms with van der Waals surface area (Å²) >= 11 is 0. The van der Waals surface area contributed by atoms with Crippen LogP contribution >= 0.6 is 0 Å². The summed E-state index contributed by atoms with van der Waals surface area (Å²) in [5.74, 6) is 0.228. The number of nitrogens with two attached hydrogens (primary N) is 1. The number of carbonyl (C=O) groups is 1. The van der Waals surface area contributed by atoms with Crippen molar-refractivity contribution in [2.24, 2.45) is 5.73 Å². The molecule has 192 valence electrons. The lowest BCUT2D eigenvalue weighted by Crippen LogP contribution is -2.49. The molecule has 2 saturated heterocycles. The molecule has 1 amide bonds. The van der Waals surface area contributed by atoms with E-state index in [1.165, 1.54) is 17.3 Å². The van der Waals surface area contributed by atoms with Gasteiger partial charge in [-0.05, 0) is 25.5 Å². The van der Waals surface area contributed by atoms with Crippen molar-refractivity contribution in [2.45, 2.75) is 43.6 Å². The summed E-state index contributed by atoms with van der Waals surface area (Å²) in [4.78, 5) is 24.9. The Kier molecular flexibility index (Phi) is 6.03. The fourth-order valence-corrected chi connectivity index (χ4v) is 5.33. The van der Waals surface area contributed by atoms with E-state index in [0.29, 0.717) is 36.5 Å². The summed E-state index contributed by atoms with van der Waals surface area (Å²) < 4.78 is 45.0. The first kappa shape index (κ1) is 24.3. The fourth-order valence-electron chi connectivity index (χ4n) is 5.33. The summed E-state index contributed by atoms with van der Waals surface area (Å²) in [7, 11) is 0. The van der Waals surface area contributed by atoms with Gasteiger partial charge in [-0.3, -0.25) is 9.69 Å². The van der Waals surface area contributed by atoms with Gasteiger partial charge < -0.3 is 25.8 Å². The van der Waals surface area contributed by atoms with Crippen molar-refractivity contribution >= 4 is 22.9 Å². The number of likely N-dealkylation sites (tertiary alicyclic amines) is 1. The van der Waals surface area contributed by atoms with Crippen molar-refractivity contribution in [1.29, 1.82) is 0 Å². The van der Waals surface area contributed by atoms with Crippen LogP contribution in [0, 0.1) is 0 Å². The molecule has 3 aliphatic heterocycles. The molecular weight excluding hydrogens is 477 g/mol. The molecule has 1 aromatic carbocycles. The quantitative estimate of drug-likeness (QED) is 0.511. The molecule has 4 heterocycles. The highest BCUT2D eigenvalue weighted by atomic mass is 19.4. The Morgan fingerprint density at radius 2 is 2.06 bits per heavy atom. The van der Waals surface area contributed by atoms with Crippen LogP contribution in [0.3, 0.4) is 0 Å². The highest BCUT2D eigenvalue weighted by Gasteiger charge is 2.47. The third-order valence-corrected chi connectivity index (χ3v) is 6.95. The van der Waals surface area contributed by atoms with E-state index >= 15 is 0 Å². The number of fused-ring (bicyclic) bond motifs is 3. The van der Waals surface area contributed by atoms with Crippen molar-refractivity contribution in [1.82, 2.24) is 14.9 Å². The highest BCUT2D eigenvalue weighted by Crippen LogP contribution is 2.45. The third-order valence-electron chi connectivity index (χ3n) is 6.95. The molecule has 12 heteroatoms. The standard InChI is InChI=1S/C24H27F3N6O3/c1-23(13-34)8-14-5-18(31-22(35)17(9-28)21-29-3-2-4-30-21)19(7-20(14)36-23)33-11-15-6-16(33)10-32(15)12-24(25,26)27/h2-5,7,9,15-16,34H,6,8,10-13,28H2,1H3,(H,31,35)/t15-,16-,23-/m0/s1. The molecule has 0 unspecified atom stereocenters. The molecule has 2 bridgehead atoms. The maximum Gasteiger partial charge on any atom is 0.401 e. The van der Waals surface area contributed by atoms with Crippen molar-refractivity contribution in [3.05, 3.63) is 48.2 Å². The zero-order valence-corrected chi connectivity index (χ0v) is 19.6. The summed E-state index contributed by atoms with van der Waals surface area (Å²) in [5, 5.41) is 12.7. The second kappa shape index (κ2) is 8.93. The largest absolute Gasteiger partial charge is 0.484 e. The van der Waals surface area contributed by atoms with Crippen LogP contribution in [-0.4, -0.2) is 76.0 Å². The lowest BCUT2D eigenvalue weighted by Gasteiger charge is -2.37. The number of alkyl halides is 3. The predicted octanol–water partition coefficient (Wildman–Crippen LogP) is 1.93. The average molecular weight is 505 g/mol. The Morgan fingerprint density at radius 1 is 1.31 bits per heavy atom. The van der Waals surface area contributed by atoms with Gasteiger partial charge in [0, 0.05) is 61.8 Å². The van der Waals surface area contributed by atoms with E-state index in [0.717, 1.165) is 11.8 Å². The van der Waals surface area contributed by atoms with E-state index in [2.05, 4.69) is 15.3 Å². The molecule has 2 aromatic rings. The van der Waals surface area contributed by atoms with E-state index in [4.69, 9.17) is 10.5 Å². The van der Waals surface area contributed by atoms with Gasteiger partial charge in [-0.2, -0.15) is 13.2 Å². The number of nitrogens with one attached hydrogen (secondary N) is 1. The van der Waals surface area contributed by atoms with Crippen LogP contribution in [0.4, 0.5) is 24.5 Å². The van der Waals surface area contributed by atoms with E-state index in [-0.39, 0.29) is 36.6 Å². The normalized spacial score (nSPS) is 25.7. The smallest absolute Gasteiger partial charge is 0.401 e. The molecule has 0 radical (unpaired) electrons. The Hall–Kier alpha value is -3.38. The van der Waals surface area contributed by atoms with Crippen LogP contribution in [0.1, 0.15) is 24.7 Å². The maximum absolute atomic E-state index is 13.2. The maximum atomic E-state index is 13.2. The van der Waals surface area contributed by atoms with Crippen LogP contribution < -0.4 is 20.7 Å². The summed E-state index contributed by atoms with van der Waals surface area (Å²) in [6.07, 6.45) is 0.920. The van der Waals surface area contributed by atoms with Crippen LogP contribution in [0.2, 0.25) is 0 Å². The molecule has 3 atom stereocenters. The number of nitrogens with zero attached hydrogens (tertiary/aromatic N) is 4.